The SMILES string of the molecule is CC(=O)Nc1ccc2c(c1)[C@H]1C=CC[C@H]1[C@H](c1ccc(Cl)cc1Cl)N2. The molecule has 0 radical (unpaired) electrons. The van der Waals surface area contributed by atoms with Crippen LogP contribution in [0.25, 0.3) is 0 Å². The zero-order chi connectivity index (χ0) is 17.6. The van der Waals surface area contributed by atoms with Crippen LogP contribution in [0.5, 0.6) is 0 Å². The average Bonchev–Trinajstić information content (AvgIpc) is 3.04. The Kier molecular flexibility index (Phi) is 4.22. The van der Waals surface area contributed by atoms with Gasteiger partial charge in [-0.05, 0) is 53.8 Å². The molecule has 1 heterocycles. The molecule has 2 aromatic carbocycles. The van der Waals surface area contributed by atoms with Crippen LogP contribution < -0.4 is 10.6 Å². The lowest BCUT2D eigenvalue weighted by molar-refractivity contribution is -0.114. The van der Waals surface area contributed by atoms with Crippen LogP contribution in [-0.2, 0) is 4.79 Å². The first-order valence-corrected chi connectivity index (χ1v) is 9.08. The predicted octanol–water partition coefficient (Wildman–Crippen LogP) is 5.78. The van der Waals surface area contributed by atoms with Crippen molar-refractivity contribution in [3.63, 3.8) is 0 Å². The number of hydrogen-bond acceptors (Lipinski definition) is 2. The van der Waals surface area contributed by atoms with E-state index in [2.05, 4.69) is 28.9 Å². The van der Waals surface area contributed by atoms with Crippen molar-refractivity contribution in [2.24, 2.45) is 5.92 Å². The van der Waals surface area contributed by atoms with Crippen LogP contribution in [0.15, 0.2) is 48.6 Å². The third kappa shape index (κ3) is 3.03. The lowest BCUT2D eigenvalue weighted by atomic mass is 9.77. The van der Waals surface area contributed by atoms with Gasteiger partial charge in [-0.3, -0.25) is 4.79 Å². The van der Waals surface area contributed by atoms with Crippen molar-refractivity contribution in [3.05, 3.63) is 69.7 Å². The largest absolute Gasteiger partial charge is 0.378 e. The van der Waals surface area contributed by atoms with Crippen molar-refractivity contribution in [1.29, 1.82) is 0 Å². The number of carbonyl (C=O) groups excluding carboxylic acids is 1. The van der Waals surface area contributed by atoms with Crippen molar-refractivity contribution in [1.82, 2.24) is 0 Å². The second-order valence-corrected chi connectivity index (χ2v) is 7.47. The molecule has 4 rings (SSSR count). The van der Waals surface area contributed by atoms with Crippen molar-refractivity contribution in [2.45, 2.75) is 25.3 Å². The molecule has 1 amide bonds. The fourth-order valence-corrected chi connectivity index (χ4v) is 4.46. The minimum absolute atomic E-state index is 0.0620. The van der Waals surface area contributed by atoms with E-state index in [-0.39, 0.29) is 11.9 Å². The number of fused-ring (bicyclic) bond motifs is 3. The third-order valence-corrected chi connectivity index (χ3v) is 5.54. The van der Waals surface area contributed by atoms with E-state index >= 15 is 0 Å². The second kappa shape index (κ2) is 6.40. The number of amides is 1. The Morgan fingerprint density at radius 2 is 2.00 bits per heavy atom. The molecule has 2 aromatic rings. The molecule has 3 atom stereocenters. The molecule has 3 nitrogen and oxygen atoms in total. The molecule has 0 unspecified atom stereocenters. The van der Waals surface area contributed by atoms with Crippen molar-refractivity contribution in [2.75, 3.05) is 10.6 Å². The Morgan fingerprint density at radius 3 is 2.76 bits per heavy atom. The third-order valence-electron chi connectivity index (χ3n) is 4.98. The standard InChI is InChI=1S/C20H18Cl2N2O/c1-11(25)23-13-6-8-19-17(10-13)14-3-2-4-15(14)20(24-19)16-7-5-12(21)9-18(16)22/h2-3,5-10,14-15,20,24H,4H2,1H3,(H,23,25)/t14-,15+,20+/m0/s1. The van der Waals surface area contributed by atoms with Gasteiger partial charge in [0.15, 0.2) is 0 Å². The van der Waals surface area contributed by atoms with E-state index in [0.29, 0.717) is 21.9 Å². The Bertz CT molecular complexity index is 878. The van der Waals surface area contributed by atoms with Gasteiger partial charge in [-0.2, -0.15) is 0 Å². The summed E-state index contributed by atoms with van der Waals surface area (Å²) in [6.45, 7) is 1.52. The van der Waals surface area contributed by atoms with Gasteiger partial charge in [0.05, 0.1) is 6.04 Å². The zero-order valence-electron chi connectivity index (χ0n) is 13.7. The summed E-state index contributed by atoms with van der Waals surface area (Å²) in [4.78, 5) is 11.3. The summed E-state index contributed by atoms with van der Waals surface area (Å²) in [5.74, 6) is 0.633. The molecule has 5 heteroatoms. The van der Waals surface area contributed by atoms with Crippen molar-refractivity contribution in [3.8, 4) is 0 Å². The summed E-state index contributed by atoms with van der Waals surface area (Å²) in [5.41, 5.74) is 4.20. The number of carbonyl (C=O) groups is 1. The molecule has 25 heavy (non-hydrogen) atoms. The van der Waals surface area contributed by atoms with E-state index in [4.69, 9.17) is 23.2 Å². The van der Waals surface area contributed by atoms with Gasteiger partial charge in [0.25, 0.3) is 0 Å². The molecule has 128 valence electrons. The lowest BCUT2D eigenvalue weighted by Crippen LogP contribution is -2.29. The topological polar surface area (TPSA) is 41.1 Å². The molecule has 0 spiro atoms. The summed E-state index contributed by atoms with van der Waals surface area (Å²) in [5, 5.41) is 7.85. The van der Waals surface area contributed by atoms with Gasteiger partial charge in [0.1, 0.15) is 0 Å². The van der Waals surface area contributed by atoms with Crippen LogP contribution in [0, 0.1) is 5.92 Å². The summed E-state index contributed by atoms with van der Waals surface area (Å²) in [6, 6.07) is 11.8. The highest BCUT2D eigenvalue weighted by Gasteiger charge is 2.38. The van der Waals surface area contributed by atoms with Crippen molar-refractivity contribution < 1.29 is 4.79 Å². The number of halogens is 2. The zero-order valence-corrected chi connectivity index (χ0v) is 15.2. The molecule has 0 aromatic heterocycles. The van der Waals surface area contributed by atoms with E-state index in [9.17, 15) is 4.79 Å². The molecule has 0 bridgehead atoms. The van der Waals surface area contributed by atoms with Crippen LogP contribution >= 0.6 is 23.2 Å². The van der Waals surface area contributed by atoms with E-state index < -0.39 is 0 Å². The summed E-state index contributed by atoms with van der Waals surface area (Å²) >= 11 is 12.5. The van der Waals surface area contributed by atoms with Gasteiger partial charge in [0, 0.05) is 34.3 Å². The highest BCUT2D eigenvalue weighted by atomic mass is 35.5. The maximum atomic E-state index is 11.3. The van der Waals surface area contributed by atoms with Crippen LogP contribution in [0.3, 0.4) is 0 Å². The molecular weight excluding hydrogens is 355 g/mol. The summed E-state index contributed by atoms with van der Waals surface area (Å²) < 4.78 is 0. The fourth-order valence-electron chi connectivity index (χ4n) is 3.94. The van der Waals surface area contributed by atoms with Gasteiger partial charge in [-0.1, -0.05) is 41.4 Å². The monoisotopic (exact) mass is 372 g/mol. The first-order valence-electron chi connectivity index (χ1n) is 8.32. The average molecular weight is 373 g/mol. The van der Waals surface area contributed by atoms with E-state index in [1.54, 1.807) is 6.07 Å². The maximum Gasteiger partial charge on any atom is 0.221 e. The van der Waals surface area contributed by atoms with Gasteiger partial charge in [0.2, 0.25) is 5.91 Å². The van der Waals surface area contributed by atoms with Crippen molar-refractivity contribution >= 4 is 40.5 Å². The molecule has 2 aliphatic rings. The lowest BCUT2D eigenvalue weighted by Gasteiger charge is -2.38. The van der Waals surface area contributed by atoms with Gasteiger partial charge < -0.3 is 10.6 Å². The van der Waals surface area contributed by atoms with Crippen LogP contribution in [-0.4, -0.2) is 5.91 Å². The fraction of sp³-hybridized carbons (Fsp3) is 0.250. The van der Waals surface area contributed by atoms with Gasteiger partial charge in [-0.25, -0.2) is 0 Å². The minimum Gasteiger partial charge on any atom is -0.378 e. The normalized spacial score (nSPS) is 23.6. The molecule has 0 saturated carbocycles. The number of rotatable bonds is 2. The van der Waals surface area contributed by atoms with Crippen LogP contribution in [0.1, 0.15) is 36.4 Å². The first kappa shape index (κ1) is 16.5. The maximum absolute atomic E-state index is 11.3. The molecule has 1 aliphatic heterocycles. The molecule has 1 aliphatic carbocycles. The van der Waals surface area contributed by atoms with Crippen LogP contribution in [0.4, 0.5) is 11.4 Å². The smallest absolute Gasteiger partial charge is 0.221 e. The molecule has 0 fully saturated rings. The number of hydrogen-bond donors (Lipinski definition) is 2. The highest BCUT2D eigenvalue weighted by molar-refractivity contribution is 6.35. The number of nitrogens with one attached hydrogen (secondary N) is 2. The highest BCUT2D eigenvalue weighted by Crippen LogP contribution is 2.51. The quantitative estimate of drug-likeness (QED) is 0.656. The minimum atomic E-state index is -0.0620. The molecular formula is C20H18Cl2N2O. The summed E-state index contributed by atoms with van der Waals surface area (Å²) in [7, 11) is 0. The van der Waals surface area contributed by atoms with E-state index in [0.717, 1.165) is 23.4 Å². The predicted molar refractivity (Wildman–Crippen MR) is 104 cm³/mol. The second-order valence-electron chi connectivity index (χ2n) is 6.62. The number of anilines is 2. The molecule has 2 N–H and O–H groups in total. The number of benzene rings is 2. The Balaban J connectivity index is 1.74. The Labute approximate surface area is 157 Å². The number of allylic oxidation sites excluding steroid dienone is 2. The van der Waals surface area contributed by atoms with E-state index in [1.165, 1.54) is 12.5 Å². The Morgan fingerprint density at radius 1 is 1.16 bits per heavy atom. The van der Waals surface area contributed by atoms with E-state index in [1.807, 2.05) is 24.3 Å². The van der Waals surface area contributed by atoms with Crippen LogP contribution in [0.2, 0.25) is 10.0 Å². The Hall–Kier alpha value is -1.97. The van der Waals surface area contributed by atoms with Gasteiger partial charge in [-0.15, -0.1) is 0 Å². The van der Waals surface area contributed by atoms with Gasteiger partial charge >= 0.3 is 0 Å². The molecule has 0 saturated heterocycles. The first-order chi connectivity index (χ1) is 12.0. The summed E-state index contributed by atoms with van der Waals surface area (Å²) in [6.07, 6.45) is 5.48.